The molecule has 4 rings (SSSR count). The van der Waals surface area contributed by atoms with Crippen molar-refractivity contribution in [3.05, 3.63) is 45.3 Å². The molecule has 1 aromatic heterocycles. The molecule has 1 aromatic carbocycles. The summed E-state index contributed by atoms with van der Waals surface area (Å²) in [7, 11) is 3.00. The van der Waals surface area contributed by atoms with Crippen LogP contribution in [0.15, 0.2) is 28.5 Å². The van der Waals surface area contributed by atoms with Gasteiger partial charge in [0.1, 0.15) is 17.1 Å². The van der Waals surface area contributed by atoms with Crippen LogP contribution in [0.1, 0.15) is 49.0 Å². The zero-order chi connectivity index (χ0) is 26.1. The van der Waals surface area contributed by atoms with Crippen LogP contribution < -0.4 is 25.7 Å². The van der Waals surface area contributed by atoms with Gasteiger partial charge >= 0.3 is 5.97 Å². The van der Waals surface area contributed by atoms with Gasteiger partial charge < -0.3 is 29.9 Å². The van der Waals surface area contributed by atoms with Crippen molar-refractivity contribution in [2.24, 2.45) is 0 Å². The summed E-state index contributed by atoms with van der Waals surface area (Å²) in [6.45, 7) is 1.92. The number of carbonyl (C=O) groups excluding carboxylic acids is 1. The molecule has 36 heavy (non-hydrogen) atoms. The Balaban J connectivity index is 1.75. The van der Waals surface area contributed by atoms with Gasteiger partial charge in [0.2, 0.25) is 11.3 Å². The third kappa shape index (κ3) is 4.79. The molecule has 0 unspecified atom stereocenters. The van der Waals surface area contributed by atoms with Gasteiger partial charge in [-0.1, -0.05) is 0 Å². The van der Waals surface area contributed by atoms with E-state index in [9.17, 15) is 23.9 Å². The number of hydrogen-bond acceptors (Lipinski definition) is 6. The van der Waals surface area contributed by atoms with Gasteiger partial charge in [-0.25, -0.2) is 13.6 Å². The number of pyridine rings is 1. The number of ether oxygens (including phenoxy) is 1. The molecule has 2 aromatic rings. The third-order valence-electron chi connectivity index (χ3n) is 6.81. The third-order valence-corrected chi connectivity index (χ3v) is 6.81. The summed E-state index contributed by atoms with van der Waals surface area (Å²) < 4.78 is 37.8. The lowest BCUT2D eigenvalue weighted by Gasteiger charge is -2.33. The molecule has 9 nitrogen and oxygen atoms in total. The molecule has 1 saturated carbocycles. The van der Waals surface area contributed by atoms with E-state index in [-0.39, 0.29) is 41.9 Å². The number of benzene rings is 1. The van der Waals surface area contributed by atoms with Gasteiger partial charge in [-0.05, 0) is 51.3 Å². The summed E-state index contributed by atoms with van der Waals surface area (Å²) in [6.07, 6.45) is 3.91. The maximum Gasteiger partial charge on any atom is 0.341 e. The van der Waals surface area contributed by atoms with Crippen molar-refractivity contribution >= 4 is 28.5 Å². The molecule has 11 heteroatoms. The number of aromatic carboxylic acids is 1. The number of piperidine rings is 1. The Morgan fingerprint density at radius 1 is 1.33 bits per heavy atom. The van der Waals surface area contributed by atoms with Gasteiger partial charge in [-0.3, -0.25) is 9.59 Å². The second kappa shape index (κ2) is 10.3. The van der Waals surface area contributed by atoms with Crippen LogP contribution in [0.25, 0.3) is 10.9 Å². The Hall–Kier alpha value is -3.47. The first-order valence-corrected chi connectivity index (χ1v) is 11.9. The average molecular weight is 505 g/mol. The molecular formula is C25H30F2N4O5. The monoisotopic (exact) mass is 504 g/mol. The van der Waals surface area contributed by atoms with Crippen molar-refractivity contribution in [3.63, 3.8) is 0 Å². The minimum Gasteiger partial charge on any atom is -0.492 e. The smallest absolute Gasteiger partial charge is 0.341 e. The molecule has 0 bridgehead atoms. The maximum absolute atomic E-state index is 15.5. The minimum atomic E-state index is -1.38. The fraction of sp³-hybridized carbons (Fsp3) is 0.480. The van der Waals surface area contributed by atoms with Gasteiger partial charge in [0, 0.05) is 25.3 Å². The Bertz CT molecular complexity index is 1300. The summed E-state index contributed by atoms with van der Waals surface area (Å²) in [6, 6.07) is 0.567. The first kappa shape index (κ1) is 25.6. The quantitative estimate of drug-likeness (QED) is 0.507. The molecule has 1 amide bonds. The van der Waals surface area contributed by atoms with E-state index in [4.69, 9.17) is 4.74 Å². The SMILES string of the molecule is CN[C@@H](C)C(=O)NC/C(F)=C1/CCCN(c2c(F)cc3c(=O)c(C(=O)O)cn(C4CC4)c3c2OC)C1. The number of aromatic nitrogens is 1. The van der Waals surface area contributed by atoms with Crippen LogP contribution in [-0.4, -0.2) is 61.4 Å². The molecule has 2 heterocycles. The zero-order valence-corrected chi connectivity index (χ0v) is 20.5. The second-order valence-electron chi connectivity index (χ2n) is 9.21. The van der Waals surface area contributed by atoms with Gasteiger partial charge in [0.15, 0.2) is 11.6 Å². The number of fused-ring (bicyclic) bond motifs is 1. The lowest BCUT2D eigenvalue weighted by atomic mass is 10.0. The molecule has 194 valence electrons. The number of hydrogen-bond donors (Lipinski definition) is 3. The molecule has 1 aliphatic heterocycles. The van der Waals surface area contributed by atoms with Crippen molar-refractivity contribution in [3.8, 4) is 5.75 Å². The van der Waals surface area contributed by atoms with E-state index < -0.39 is 34.6 Å². The predicted octanol–water partition coefficient (Wildman–Crippen LogP) is 2.73. The number of amides is 1. The summed E-state index contributed by atoms with van der Waals surface area (Å²) in [4.78, 5) is 38.2. The maximum atomic E-state index is 15.5. The summed E-state index contributed by atoms with van der Waals surface area (Å²) >= 11 is 0. The normalized spacial score (nSPS) is 18.2. The first-order chi connectivity index (χ1) is 17.2. The number of carbonyl (C=O) groups is 2. The molecule has 2 fully saturated rings. The highest BCUT2D eigenvalue weighted by Crippen LogP contribution is 2.44. The van der Waals surface area contributed by atoms with E-state index >= 15 is 4.39 Å². The van der Waals surface area contributed by atoms with Crippen LogP contribution in [-0.2, 0) is 4.79 Å². The summed E-state index contributed by atoms with van der Waals surface area (Å²) in [5, 5.41) is 14.8. The minimum absolute atomic E-state index is 0.0173. The Labute approximate surface area is 206 Å². The van der Waals surface area contributed by atoms with E-state index in [0.717, 1.165) is 18.9 Å². The van der Waals surface area contributed by atoms with Crippen LogP contribution in [0, 0.1) is 5.82 Å². The van der Waals surface area contributed by atoms with Crippen molar-refractivity contribution in [2.45, 2.75) is 44.7 Å². The highest BCUT2D eigenvalue weighted by molar-refractivity contribution is 5.97. The largest absolute Gasteiger partial charge is 0.492 e. The first-order valence-electron chi connectivity index (χ1n) is 11.9. The molecule has 0 spiro atoms. The van der Waals surface area contributed by atoms with Crippen molar-refractivity contribution in [1.29, 1.82) is 0 Å². The number of carboxylic acids is 1. The van der Waals surface area contributed by atoms with Gasteiger partial charge in [0.25, 0.3) is 0 Å². The van der Waals surface area contributed by atoms with Gasteiger partial charge in [-0.15, -0.1) is 0 Å². The Morgan fingerprint density at radius 3 is 2.67 bits per heavy atom. The molecular weight excluding hydrogens is 474 g/mol. The molecule has 3 N–H and O–H groups in total. The van der Waals surface area contributed by atoms with Gasteiger partial charge in [-0.2, -0.15) is 0 Å². The van der Waals surface area contributed by atoms with E-state index in [2.05, 4.69) is 10.6 Å². The van der Waals surface area contributed by atoms with Crippen molar-refractivity contribution in [2.75, 3.05) is 38.7 Å². The molecule has 1 saturated heterocycles. The number of nitrogens with one attached hydrogen (secondary N) is 2. The number of methoxy groups -OCH3 is 1. The number of anilines is 1. The number of halogens is 2. The molecule has 1 aliphatic carbocycles. The number of likely N-dealkylation sites (N-methyl/N-ethyl adjacent to an activating group) is 1. The van der Waals surface area contributed by atoms with E-state index in [1.165, 1.54) is 13.3 Å². The molecule has 2 aliphatic rings. The Kier molecular flexibility index (Phi) is 7.30. The lowest BCUT2D eigenvalue weighted by Crippen LogP contribution is -2.41. The zero-order valence-electron chi connectivity index (χ0n) is 20.5. The van der Waals surface area contributed by atoms with E-state index in [1.807, 2.05) is 0 Å². The average Bonchev–Trinajstić information content (AvgIpc) is 3.71. The lowest BCUT2D eigenvalue weighted by molar-refractivity contribution is -0.122. The van der Waals surface area contributed by atoms with Crippen molar-refractivity contribution in [1.82, 2.24) is 15.2 Å². The standard InChI is InChI=1S/C25H30F2N4O5/c1-13(28-2)24(33)29-10-19(27)14-5-4-8-30(11-14)21-18(26)9-16-20(23(21)36-3)31(15-6-7-15)12-17(22(16)32)25(34)35/h9,12-13,15,28H,4-8,10-11H2,1-3H3,(H,29,33)(H,34,35)/b19-14+/t13-/m0/s1. The Morgan fingerprint density at radius 2 is 2.06 bits per heavy atom. The topological polar surface area (TPSA) is 113 Å². The number of carboxylic acid groups (broad SMARTS) is 1. The number of nitrogens with zero attached hydrogens (tertiary/aromatic N) is 2. The second-order valence-corrected chi connectivity index (χ2v) is 9.21. The van der Waals surface area contributed by atoms with E-state index in [0.29, 0.717) is 30.5 Å². The summed E-state index contributed by atoms with van der Waals surface area (Å²) in [5.74, 6) is -2.82. The van der Waals surface area contributed by atoms with Crippen LogP contribution in [0.4, 0.5) is 14.5 Å². The van der Waals surface area contributed by atoms with E-state index in [1.54, 1.807) is 23.4 Å². The molecule has 0 radical (unpaired) electrons. The fourth-order valence-electron chi connectivity index (χ4n) is 4.58. The molecule has 1 atom stereocenters. The van der Waals surface area contributed by atoms with Crippen LogP contribution in [0.3, 0.4) is 0 Å². The van der Waals surface area contributed by atoms with Crippen LogP contribution in [0.5, 0.6) is 5.75 Å². The summed E-state index contributed by atoms with van der Waals surface area (Å²) in [5.41, 5.74) is -0.338. The highest BCUT2D eigenvalue weighted by Gasteiger charge is 2.32. The predicted molar refractivity (Wildman–Crippen MR) is 131 cm³/mol. The fourth-order valence-corrected chi connectivity index (χ4v) is 4.58. The number of rotatable bonds is 8. The van der Waals surface area contributed by atoms with Crippen LogP contribution in [0.2, 0.25) is 0 Å². The highest BCUT2D eigenvalue weighted by atomic mass is 19.1. The van der Waals surface area contributed by atoms with Crippen molar-refractivity contribution < 1.29 is 28.2 Å². The van der Waals surface area contributed by atoms with Gasteiger partial charge in [0.05, 0.1) is 30.6 Å². The van der Waals surface area contributed by atoms with Crippen LogP contribution >= 0.6 is 0 Å².